The van der Waals surface area contributed by atoms with Gasteiger partial charge in [0.2, 0.25) is 5.91 Å². The number of carbonyl (C=O) groups excluding carboxylic acids is 5. The number of para-hydroxylation sites is 1. The third-order valence-corrected chi connectivity index (χ3v) is 7.14. The molecule has 0 radical (unpaired) electrons. The Balaban J connectivity index is 0.000000255. The van der Waals surface area contributed by atoms with Crippen molar-refractivity contribution in [3.8, 4) is 11.8 Å². The summed E-state index contributed by atoms with van der Waals surface area (Å²) in [6.07, 6.45) is 3.16. The van der Waals surface area contributed by atoms with Gasteiger partial charge in [-0.3, -0.25) is 19.2 Å². The average Bonchev–Trinajstić information content (AvgIpc) is 3.34. The Hall–Kier alpha value is -4.33. The first-order valence-corrected chi connectivity index (χ1v) is 15.3. The number of carbonyl (C=O) groups is 5. The van der Waals surface area contributed by atoms with E-state index in [1.807, 2.05) is 39.8 Å². The van der Waals surface area contributed by atoms with Gasteiger partial charge in [-0.15, -0.1) is 0 Å². The normalized spacial score (nSPS) is 13.7. The van der Waals surface area contributed by atoms with Crippen LogP contribution >= 0.6 is 0 Å². The minimum absolute atomic E-state index is 0.119. The molecule has 0 bridgehead atoms. The van der Waals surface area contributed by atoms with Gasteiger partial charge >= 0.3 is 0 Å². The molecule has 10 nitrogen and oxygen atoms in total. The number of ether oxygens (including phenoxy) is 1. The van der Waals surface area contributed by atoms with Gasteiger partial charge in [0.15, 0.2) is 0 Å². The highest BCUT2D eigenvalue weighted by molar-refractivity contribution is 6.00. The molecule has 2 aromatic carbocycles. The number of aldehydes is 2. The molecule has 10 heteroatoms. The molecule has 0 saturated carbocycles. The standard InChI is InChI=1S/C16H13N.C15H27NO4.C5H7NO3/c1-17-12-15-8-3-2-6-13(15)10-11-14-7-4-5-9-16(14)17;1-14(2,7-9-18)11-20-12-15(3,4)10-16-13(19)6-5-8-17;1-9-6-4(7)2-3-5(6)8/h2-9H,12H2,1H3;8-9H,5-7,10-12H2,1-4H3,(H,16,19);2-3H2,1H3. The lowest BCUT2D eigenvalue weighted by molar-refractivity contribution is -0.179. The van der Waals surface area contributed by atoms with Gasteiger partial charge in [0.25, 0.3) is 11.8 Å². The molecule has 2 aliphatic rings. The third kappa shape index (κ3) is 13.0. The Bertz CT molecular complexity index is 1390. The van der Waals surface area contributed by atoms with Crippen molar-refractivity contribution in [2.24, 2.45) is 10.8 Å². The van der Waals surface area contributed by atoms with Crippen molar-refractivity contribution < 1.29 is 33.5 Å². The molecule has 0 spiro atoms. The van der Waals surface area contributed by atoms with Crippen LogP contribution in [0.3, 0.4) is 0 Å². The molecular formula is C36H47N3O7. The molecule has 0 atom stereocenters. The summed E-state index contributed by atoms with van der Waals surface area (Å²) < 4.78 is 5.66. The molecule has 0 unspecified atom stereocenters. The van der Waals surface area contributed by atoms with Crippen molar-refractivity contribution in [3.05, 3.63) is 65.2 Å². The van der Waals surface area contributed by atoms with Crippen LogP contribution in [-0.4, -0.2) is 69.3 Å². The molecule has 3 amide bonds. The van der Waals surface area contributed by atoms with E-state index in [0.29, 0.717) is 26.2 Å². The zero-order chi connectivity index (χ0) is 34.2. The van der Waals surface area contributed by atoms with E-state index in [4.69, 9.17) is 4.74 Å². The molecule has 1 N–H and O–H groups in total. The maximum Gasteiger partial charge on any atom is 0.253 e. The second-order valence-corrected chi connectivity index (χ2v) is 12.7. The number of rotatable bonds is 12. The van der Waals surface area contributed by atoms with E-state index in [-0.39, 0.29) is 54.2 Å². The Labute approximate surface area is 272 Å². The number of fused-ring (bicyclic) bond motifs is 2. The van der Waals surface area contributed by atoms with E-state index in [2.05, 4.69) is 70.3 Å². The zero-order valence-electron chi connectivity index (χ0n) is 27.9. The van der Waals surface area contributed by atoms with Gasteiger partial charge in [-0.1, -0.05) is 69.9 Å². The van der Waals surface area contributed by atoms with Crippen LogP contribution in [0.5, 0.6) is 0 Å². The van der Waals surface area contributed by atoms with E-state index >= 15 is 0 Å². The fourth-order valence-corrected chi connectivity index (χ4v) is 4.48. The third-order valence-electron chi connectivity index (χ3n) is 7.14. The van der Waals surface area contributed by atoms with Gasteiger partial charge in [0, 0.05) is 68.8 Å². The zero-order valence-corrected chi connectivity index (χ0v) is 27.9. The highest BCUT2D eigenvalue weighted by Gasteiger charge is 2.29. The van der Waals surface area contributed by atoms with Gasteiger partial charge in [-0.05, 0) is 29.2 Å². The molecule has 2 aromatic rings. The summed E-state index contributed by atoms with van der Waals surface area (Å²) in [5.41, 5.74) is 4.38. The summed E-state index contributed by atoms with van der Waals surface area (Å²) in [7, 11) is 3.42. The number of imide groups is 1. The second-order valence-electron chi connectivity index (χ2n) is 12.7. The number of nitrogens with one attached hydrogen (secondary N) is 1. The first-order valence-electron chi connectivity index (χ1n) is 15.3. The molecule has 1 saturated heterocycles. The van der Waals surface area contributed by atoms with Gasteiger partial charge < -0.3 is 24.5 Å². The quantitative estimate of drug-likeness (QED) is 0.206. The number of hydrogen-bond acceptors (Lipinski definition) is 8. The number of nitrogens with zero attached hydrogens (tertiary/aromatic N) is 2. The van der Waals surface area contributed by atoms with Gasteiger partial charge in [-0.25, -0.2) is 0 Å². The molecule has 2 heterocycles. The largest absolute Gasteiger partial charge is 0.380 e. The number of amides is 3. The fraction of sp³-hybridized carbons (Fsp3) is 0.472. The summed E-state index contributed by atoms with van der Waals surface area (Å²) in [5, 5.41) is 3.59. The number of hydrogen-bond donors (Lipinski definition) is 1. The topological polar surface area (TPSA) is 122 Å². The van der Waals surface area contributed by atoms with Crippen LogP contribution in [0.25, 0.3) is 0 Å². The predicted molar refractivity (Wildman–Crippen MR) is 176 cm³/mol. The Morgan fingerprint density at radius 1 is 0.891 bits per heavy atom. The molecule has 2 aliphatic heterocycles. The summed E-state index contributed by atoms with van der Waals surface area (Å²) in [6, 6.07) is 16.6. The van der Waals surface area contributed by atoms with Crippen molar-refractivity contribution in [3.63, 3.8) is 0 Å². The summed E-state index contributed by atoms with van der Waals surface area (Å²) >= 11 is 0. The van der Waals surface area contributed by atoms with Crippen molar-refractivity contribution in [1.82, 2.24) is 10.4 Å². The van der Waals surface area contributed by atoms with Crippen LogP contribution in [-0.2, 0) is 40.1 Å². The smallest absolute Gasteiger partial charge is 0.253 e. The van der Waals surface area contributed by atoms with E-state index < -0.39 is 0 Å². The Morgan fingerprint density at radius 3 is 2.09 bits per heavy atom. The van der Waals surface area contributed by atoms with Crippen molar-refractivity contribution >= 4 is 36.0 Å². The van der Waals surface area contributed by atoms with Crippen LogP contribution in [0.15, 0.2) is 48.5 Å². The average molecular weight is 634 g/mol. The monoisotopic (exact) mass is 633 g/mol. The van der Waals surface area contributed by atoms with E-state index in [1.165, 1.54) is 18.4 Å². The summed E-state index contributed by atoms with van der Waals surface area (Å²) in [4.78, 5) is 60.0. The van der Waals surface area contributed by atoms with E-state index in [1.54, 1.807) is 0 Å². The SMILES string of the molecule is CC(C)(CC=O)COCC(C)(C)CNC(=O)CCC=O.CN1Cc2ccccc2C#Cc2ccccc21.CON1C(=O)CCC1=O. The van der Waals surface area contributed by atoms with Crippen LogP contribution in [0.1, 0.15) is 76.5 Å². The summed E-state index contributed by atoms with van der Waals surface area (Å²) in [6.45, 7) is 10.4. The molecule has 0 aliphatic carbocycles. The molecule has 0 aromatic heterocycles. The lowest BCUT2D eigenvalue weighted by Gasteiger charge is -2.28. The minimum atomic E-state index is -0.248. The molecule has 46 heavy (non-hydrogen) atoms. The number of anilines is 1. The first kappa shape index (κ1) is 37.9. The van der Waals surface area contributed by atoms with Crippen molar-refractivity contribution in [2.45, 2.75) is 66.3 Å². The van der Waals surface area contributed by atoms with Crippen molar-refractivity contribution in [2.75, 3.05) is 38.8 Å². The molecule has 1 fully saturated rings. The van der Waals surface area contributed by atoms with Gasteiger partial charge in [0.1, 0.15) is 12.6 Å². The molecule has 4 rings (SSSR count). The van der Waals surface area contributed by atoms with Crippen molar-refractivity contribution in [1.29, 1.82) is 0 Å². The predicted octanol–water partition coefficient (Wildman–Crippen LogP) is 4.47. The first-order chi connectivity index (χ1) is 21.8. The van der Waals surface area contributed by atoms with Crippen LogP contribution in [0.2, 0.25) is 0 Å². The van der Waals surface area contributed by atoms with Crippen LogP contribution < -0.4 is 10.2 Å². The highest BCUT2D eigenvalue weighted by Crippen LogP contribution is 2.24. The minimum Gasteiger partial charge on any atom is -0.380 e. The number of benzene rings is 2. The molecular weight excluding hydrogens is 586 g/mol. The molecule has 248 valence electrons. The van der Waals surface area contributed by atoms with Crippen LogP contribution in [0, 0.1) is 22.7 Å². The van der Waals surface area contributed by atoms with E-state index in [0.717, 1.165) is 35.3 Å². The lowest BCUT2D eigenvalue weighted by Crippen LogP contribution is -2.37. The number of hydroxylamine groups is 2. The highest BCUT2D eigenvalue weighted by atomic mass is 16.7. The van der Waals surface area contributed by atoms with Crippen LogP contribution in [0.4, 0.5) is 5.69 Å². The van der Waals surface area contributed by atoms with E-state index in [9.17, 15) is 24.0 Å². The maximum absolute atomic E-state index is 11.4. The Kier molecular flexibility index (Phi) is 15.3. The lowest BCUT2D eigenvalue weighted by atomic mass is 9.90. The Morgan fingerprint density at radius 2 is 1.48 bits per heavy atom. The summed E-state index contributed by atoms with van der Waals surface area (Å²) in [5.74, 6) is 5.91. The van der Waals surface area contributed by atoms with Gasteiger partial charge in [-0.2, -0.15) is 5.06 Å². The van der Waals surface area contributed by atoms with Gasteiger partial charge in [0.05, 0.1) is 26.0 Å². The fourth-order valence-electron chi connectivity index (χ4n) is 4.48. The maximum atomic E-state index is 11.4. The second kappa shape index (κ2) is 18.6.